The molecule has 0 saturated carbocycles. The van der Waals surface area contributed by atoms with Crippen molar-refractivity contribution in [2.24, 2.45) is 0 Å². The molecule has 1 aliphatic rings. The lowest BCUT2D eigenvalue weighted by atomic mass is 10.1. The third-order valence-corrected chi connectivity index (χ3v) is 10.2. The molecule has 1 aliphatic carbocycles. The molecule has 1 N–H and O–H groups in total. The first-order valence-corrected chi connectivity index (χ1v) is 12.3. The second-order valence-corrected chi connectivity index (χ2v) is 12.1. The summed E-state index contributed by atoms with van der Waals surface area (Å²) >= 11 is 0. The van der Waals surface area contributed by atoms with Crippen LogP contribution in [0, 0.1) is 0 Å². The number of benzene rings is 2. The van der Waals surface area contributed by atoms with Crippen molar-refractivity contribution in [3.63, 3.8) is 0 Å². The van der Waals surface area contributed by atoms with Crippen LogP contribution in [0.2, 0.25) is 0 Å². The van der Waals surface area contributed by atoms with E-state index in [0.29, 0.717) is 0 Å². The van der Waals surface area contributed by atoms with E-state index in [0.717, 1.165) is 6.42 Å². The summed E-state index contributed by atoms with van der Waals surface area (Å²) < 4.78 is 0. The van der Waals surface area contributed by atoms with Crippen LogP contribution in [0.3, 0.4) is 0 Å². The number of allylic oxidation sites excluding steroid dienone is 4. The van der Waals surface area contributed by atoms with Crippen LogP contribution in [-0.2, 0) is 0 Å². The van der Waals surface area contributed by atoms with Crippen LogP contribution in [-0.4, -0.2) is 13.8 Å². The van der Waals surface area contributed by atoms with Gasteiger partial charge in [-0.05, 0) is 50.4 Å². The maximum absolute atomic E-state index is 4.19. The standard InChI is InChI=1S/C25H33NSi/c1-5-6-14-21-15-13-20-24(21)27(26-25(2,3)4,22-16-9-7-10-17-22)23-18-11-8-12-19-23/h7-13,15-19,26H,5-6,14,20H2,1-4H3. The van der Waals surface area contributed by atoms with E-state index < -0.39 is 8.24 Å². The van der Waals surface area contributed by atoms with Gasteiger partial charge in [0, 0.05) is 5.54 Å². The average Bonchev–Trinajstić information content (AvgIpc) is 3.14. The minimum atomic E-state index is -2.30. The topological polar surface area (TPSA) is 12.0 Å². The van der Waals surface area contributed by atoms with Crippen molar-refractivity contribution >= 4 is 18.6 Å². The lowest BCUT2D eigenvalue weighted by Gasteiger charge is -2.41. The van der Waals surface area contributed by atoms with Crippen molar-refractivity contribution in [3.8, 4) is 0 Å². The van der Waals surface area contributed by atoms with Crippen LogP contribution in [0.4, 0.5) is 0 Å². The highest BCUT2D eigenvalue weighted by Crippen LogP contribution is 2.31. The summed E-state index contributed by atoms with van der Waals surface area (Å²) in [6.45, 7) is 9.19. The average molecular weight is 376 g/mol. The predicted octanol–water partition coefficient (Wildman–Crippen LogP) is 5.12. The Kier molecular flexibility index (Phi) is 6.18. The molecule has 0 heterocycles. The van der Waals surface area contributed by atoms with E-state index >= 15 is 0 Å². The van der Waals surface area contributed by atoms with E-state index in [1.807, 2.05) is 0 Å². The maximum atomic E-state index is 4.19. The Bertz CT molecular complexity index is 758. The molecule has 0 saturated heterocycles. The molecule has 0 unspecified atom stereocenters. The van der Waals surface area contributed by atoms with Gasteiger partial charge in [0.2, 0.25) is 8.24 Å². The van der Waals surface area contributed by atoms with Crippen LogP contribution in [0.25, 0.3) is 0 Å². The Balaban J connectivity index is 2.27. The van der Waals surface area contributed by atoms with Crippen LogP contribution in [0.5, 0.6) is 0 Å². The Morgan fingerprint density at radius 1 is 0.889 bits per heavy atom. The SMILES string of the molecule is CCCCC1=C([Si](NC(C)(C)C)(c2ccccc2)c2ccccc2)CC=C1. The number of hydrogen-bond donors (Lipinski definition) is 1. The van der Waals surface area contributed by atoms with Gasteiger partial charge in [0.15, 0.2) is 0 Å². The summed E-state index contributed by atoms with van der Waals surface area (Å²) in [7, 11) is -2.30. The minimum Gasteiger partial charge on any atom is -0.322 e. The molecule has 142 valence electrons. The van der Waals surface area contributed by atoms with E-state index in [1.165, 1.54) is 29.6 Å². The van der Waals surface area contributed by atoms with Gasteiger partial charge >= 0.3 is 0 Å². The molecule has 0 aliphatic heterocycles. The van der Waals surface area contributed by atoms with Gasteiger partial charge in [-0.1, -0.05) is 96.9 Å². The van der Waals surface area contributed by atoms with Crippen molar-refractivity contribution in [1.29, 1.82) is 0 Å². The fraction of sp³-hybridized carbons (Fsp3) is 0.360. The summed E-state index contributed by atoms with van der Waals surface area (Å²) in [6, 6.07) is 22.4. The Morgan fingerprint density at radius 3 is 1.93 bits per heavy atom. The maximum Gasteiger partial charge on any atom is 0.219 e. The lowest BCUT2D eigenvalue weighted by molar-refractivity contribution is 0.517. The van der Waals surface area contributed by atoms with E-state index in [4.69, 9.17) is 0 Å². The first kappa shape index (κ1) is 19.8. The molecule has 0 atom stereocenters. The van der Waals surface area contributed by atoms with Crippen molar-refractivity contribution < 1.29 is 0 Å². The molecule has 0 aromatic heterocycles. The first-order valence-electron chi connectivity index (χ1n) is 10.3. The quantitative estimate of drug-likeness (QED) is 0.662. The van der Waals surface area contributed by atoms with Crippen LogP contribution in [0.1, 0.15) is 53.4 Å². The first-order chi connectivity index (χ1) is 13.0. The predicted molar refractivity (Wildman–Crippen MR) is 121 cm³/mol. The Morgan fingerprint density at radius 2 is 1.44 bits per heavy atom. The largest absolute Gasteiger partial charge is 0.322 e. The molecule has 0 fully saturated rings. The normalized spacial score (nSPS) is 14.8. The van der Waals surface area contributed by atoms with Crippen LogP contribution < -0.4 is 15.4 Å². The van der Waals surface area contributed by atoms with Gasteiger partial charge in [-0.2, -0.15) is 0 Å². The van der Waals surface area contributed by atoms with Crippen molar-refractivity contribution in [2.45, 2.75) is 58.9 Å². The van der Waals surface area contributed by atoms with E-state index in [1.54, 1.807) is 10.8 Å². The highest BCUT2D eigenvalue weighted by atomic mass is 28.3. The fourth-order valence-electron chi connectivity index (χ4n) is 4.22. The number of hydrogen-bond acceptors (Lipinski definition) is 1. The van der Waals surface area contributed by atoms with Gasteiger partial charge < -0.3 is 4.98 Å². The molecule has 2 aromatic rings. The second-order valence-electron chi connectivity index (χ2n) is 8.57. The van der Waals surface area contributed by atoms with Crippen molar-refractivity contribution in [2.75, 3.05) is 0 Å². The molecule has 27 heavy (non-hydrogen) atoms. The molecule has 0 spiro atoms. The van der Waals surface area contributed by atoms with Gasteiger partial charge in [0.25, 0.3) is 0 Å². The number of unbranched alkanes of at least 4 members (excludes halogenated alkanes) is 1. The number of rotatable bonds is 7. The van der Waals surface area contributed by atoms with E-state index in [-0.39, 0.29) is 5.54 Å². The highest BCUT2D eigenvalue weighted by molar-refractivity contribution is 7.05. The fourth-order valence-corrected chi connectivity index (χ4v) is 9.31. The zero-order chi connectivity index (χ0) is 19.3. The summed E-state index contributed by atoms with van der Waals surface area (Å²) in [5, 5.41) is 4.56. The molecule has 1 nitrogen and oxygen atoms in total. The molecule has 0 radical (unpaired) electrons. The summed E-state index contributed by atoms with van der Waals surface area (Å²) in [5.41, 5.74) is 1.59. The monoisotopic (exact) mass is 375 g/mol. The second kappa shape index (κ2) is 8.41. The zero-order valence-electron chi connectivity index (χ0n) is 17.3. The van der Waals surface area contributed by atoms with Gasteiger partial charge in [0.05, 0.1) is 0 Å². The van der Waals surface area contributed by atoms with E-state index in [2.05, 4.69) is 105 Å². The molecule has 3 rings (SSSR count). The van der Waals surface area contributed by atoms with Gasteiger partial charge in [-0.25, -0.2) is 0 Å². The molecule has 0 amide bonds. The zero-order valence-corrected chi connectivity index (χ0v) is 18.3. The summed E-state index contributed by atoms with van der Waals surface area (Å²) in [6.07, 6.45) is 9.51. The van der Waals surface area contributed by atoms with Gasteiger partial charge in [-0.3, -0.25) is 0 Å². The van der Waals surface area contributed by atoms with Crippen LogP contribution >= 0.6 is 0 Å². The number of nitrogens with one attached hydrogen (secondary N) is 1. The van der Waals surface area contributed by atoms with Crippen molar-refractivity contribution in [3.05, 3.63) is 83.6 Å². The molecule has 2 aromatic carbocycles. The van der Waals surface area contributed by atoms with Gasteiger partial charge in [0.1, 0.15) is 0 Å². The summed E-state index contributed by atoms with van der Waals surface area (Å²) in [4.78, 5) is 4.19. The Hall–Kier alpha value is -1.90. The summed E-state index contributed by atoms with van der Waals surface area (Å²) in [5.74, 6) is 0. The Labute approximate surface area is 166 Å². The third-order valence-electron chi connectivity index (χ3n) is 5.26. The smallest absolute Gasteiger partial charge is 0.219 e. The minimum absolute atomic E-state index is 0.0311. The van der Waals surface area contributed by atoms with Gasteiger partial charge in [-0.15, -0.1) is 0 Å². The third kappa shape index (κ3) is 4.34. The molecule has 0 bridgehead atoms. The molecular formula is C25H33NSi. The molecule has 2 heteroatoms. The van der Waals surface area contributed by atoms with Crippen LogP contribution in [0.15, 0.2) is 83.6 Å². The van der Waals surface area contributed by atoms with E-state index in [9.17, 15) is 0 Å². The lowest BCUT2D eigenvalue weighted by Crippen LogP contribution is -2.74. The molecular weight excluding hydrogens is 342 g/mol. The van der Waals surface area contributed by atoms with Crippen molar-refractivity contribution in [1.82, 2.24) is 4.98 Å². The highest BCUT2D eigenvalue weighted by Gasteiger charge is 2.45.